The Balaban J connectivity index is 1.52. The molecule has 0 radical (unpaired) electrons. The summed E-state index contributed by atoms with van der Waals surface area (Å²) in [5, 5.41) is 2.82. The second-order valence-electron chi connectivity index (χ2n) is 6.43. The van der Waals surface area contributed by atoms with Gasteiger partial charge >= 0.3 is 0 Å². The first kappa shape index (κ1) is 20.2. The van der Waals surface area contributed by atoms with Crippen LogP contribution in [-0.4, -0.2) is 19.1 Å². The molecule has 0 heterocycles. The molecule has 4 heteroatoms. The topological polar surface area (TPSA) is 38.3 Å². The van der Waals surface area contributed by atoms with Crippen molar-refractivity contribution in [1.29, 1.82) is 0 Å². The van der Waals surface area contributed by atoms with Crippen LogP contribution >= 0.6 is 0 Å². The van der Waals surface area contributed by atoms with Crippen molar-refractivity contribution >= 4 is 5.91 Å². The second-order valence-corrected chi connectivity index (χ2v) is 6.43. The maximum Gasteiger partial charge on any atom is 0.221 e. The first-order valence-corrected chi connectivity index (χ1v) is 9.43. The first-order valence-electron chi connectivity index (χ1n) is 9.43. The summed E-state index contributed by atoms with van der Waals surface area (Å²) in [6, 6.07) is 26.1. The van der Waals surface area contributed by atoms with Gasteiger partial charge in [0.1, 0.15) is 6.61 Å². The summed E-state index contributed by atoms with van der Waals surface area (Å²) in [6.45, 7) is 0.281. The van der Waals surface area contributed by atoms with Gasteiger partial charge in [-0.1, -0.05) is 84.6 Å². The lowest BCUT2D eigenvalue weighted by Crippen LogP contribution is -2.25. The lowest BCUT2D eigenvalue weighted by molar-refractivity contribution is -0.121. The Labute approximate surface area is 170 Å². The van der Waals surface area contributed by atoms with E-state index in [1.165, 1.54) is 6.07 Å². The van der Waals surface area contributed by atoms with Crippen LogP contribution in [0, 0.1) is 17.7 Å². The summed E-state index contributed by atoms with van der Waals surface area (Å²) >= 11 is 0. The Morgan fingerprint density at radius 1 is 0.862 bits per heavy atom. The predicted octanol–water partition coefficient (Wildman–Crippen LogP) is 4.55. The van der Waals surface area contributed by atoms with Gasteiger partial charge in [0, 0.05) is 12.3 Å². The van der Waals surface area contributed by atoms with Crippen molar-refractivity contribution in [2.45, 2.75) is 12.3 Å². The molecular formula is C25H22FNO2. The van der Waals surface area contributed by atoms with E-state index in [1.54, 1.807) is 18.2 Å². The van der Waals surface area contributed by atoms with Gasteiger partial charge in [-0.05, 0) is 23.3 Å². The average molecular weight is 387 g/mol. The number of nitrogens with one attached hydrogen (secondary N) is 1. The number of hydrogen-bond donors (Lipinski definition) is 1. The van der Waals surface area contributed by atoms with E-state index >= 15 is 0 Å². The Morgan fingerprint density at radius 3 is 2.07 bits per heavy atom. The fourth-order valence-electron chi connectivity index (χ4n) is 2.99. The molecule has 0 aliphatic heterocycles. The van der Waals surface area contributed by atoms with Gasteiger partial charge < -0.3 is 10.1 Å². The molecule has 0 saturated carbocycles. The van der Waals surface area contributed by atoms with E-state index in [2.05, 4.69) is 17.2 Å². The third kappa shape index (κ3) is 6.22. The maximum atomic E-state index is 13.4. The van der Waals surface area contributed by atoms with E-state index in [1.807, 2.05) is 60.7 Å². The monoisotopic (exact) mass is 387 g/mol. The third-order valence-corrected chi connectivity index (χ3v) is 4.43. The highest BCUT2D eigenvalue weighted by atomic mass is 19.1. The van der Waals surface area contributed by atoms with Gasteiger partial charge in [0.2, 0.25) is 5.91 Å². The van der Waals surface area contributed by atoms with Crippen LogP contribution in [0.4, 0.5) is 4.39 Å². The summed E-state index contributed by atoms with van der Waals surface area (Å²) in [6.07, 6.45) is 0.335. The van der Waals surface area contributed by atoms with Gasteiger partial charge in [0.25, 0.3) is 0 Å². The van der Waals surface area contributed by atoms with Gasteiger partial charge in [0.05, 0.1) is 6.54 Å². The van der Waals surface area contributed by atoms with Gasteiger partial charge in [-0.2, -0.15) is 0 Å². The van der Waals surface area contributed by atoms with Crippen molar-refractivity contribution in [3.8, 4) is 17.6 Å². The zero-order chi connectivity index (χ0) is 20.3. The Morgan fingerprint density at radius 2 is 1.45 bits per heavy atom. The fraction of sp³-hybridized carbons (Fsp3) is 0.160. The van der Waals surface area contributed by atoms with Crippen molar-refractivity contribution in [2.24, 2.45) is 0 Å². The number of amides is 1. The number of halogens is 1. The van der Waals surface area contributed by atoms with Gasteiger partial charge in [-0.15, -0.1) is 0 Å². The standard InChI is InChI=1S/C25H22FNO2/c26-23-15-7-8-16-24(23)29-18-10-9-17-27-25(28)19-22(20-11-3-1-4-12-20)21-13-5-2-6-14-21/h1-8,11-16,22H,17-19H2,(H,27,28). The number of rotatable bonds is 7. The van der Waals surface area contributed by atoms with E-state index in [4.69, 9.17) is 4.74 Å². The summed E-state index contributed by atoms with van der Waals surface area (Å²) in [5.41, 5.74) is 2.19. The third-order valence-electron chi connectivity index (χ3n) is 4.43. The van der Waals surface area contributed by atoms with Crippen molar-refractivity contribution in [1.82, 2.24) is 5.32 Å². The molecule has 3 nitrogen and oxygen atoms in total. The minimum absolute atomic E-state index is 0.0188. The molecule has 3 aromatic carbocycles. The smallest absolute Gasteiger partial charge is 0.221 e. The Kier molecular flexibility index (Phi) is 7.42. The van der Waals surface area contributed by atoms with Crippen LogP contribution in [0.2, 0.25) is 0 Å². The molecule has 0 fully saturated rings. The molecular weight excluding hydrogens is 365 g/mol. The average Bonchev–Trinajstić information content (AvgIpc) is 2.77. The van der Waals surface area contributed by atoms with Gasteiger partial charge in [-0.25, -0.2) is 4.39 Å². The van der Waals surface area contributed by atoms with Crippen molar-refractivity contribution in [2.75, 3.05) is 13.2 Å². The van der Waals surface area contributed by atoms with Crippen molar-refractivity contribution in [3.63, 3.8) is 0 Å². The van der Waals surface area contributed by atoms with Crippen LogP contribution in [0.5, 0.6) is 5.75 Å². The second kappa shape index (κ2) is 10.7. The highest BCUT2D eigenvalue weighted by molar-refractivity contribution is 5.77. The summed E-state index contributed by atoms with van der Waals surface area (Å²) in [5.74, 6) is 5.26. The molecule has 0 unspecified atom stereocenters. The Hall–Kier alpha value is -3.58. The summed E-state index contributed by atoms with van der Waals surface area (Å²) in [7, 11) is 0. The highest BCUT2D eigenvalue weighted by Crippen LogP contribution is 2.27. The highest BCUT2D eigenvalue weighted by Gasteiger charge is 2.17. The summed E-state index contributed by atoms with van der Waals surface area (Å²) < 4.78 is 18.7. The number of benzene rings is 3. The fourth-order valence-corrected chi connectivity index (χ4v) is 2.99. The van der Waals surface area contributed by atoms with E-state index in [0.717, 1.165) is 11.1 Å². The van der Waals surface area contributed by atoms with E-state index in [9.17, 15) is 9.18 Å². The molecule has 0 saturated heterocycles. The molecule has 0 aliphatic rings. The zero-order valence-corrected chi connectivity index (χ0v) is 16.0. The van der Waals surface area contributed by atoms with Crippen LogP contribution in [0.1, 0.15) is 23.5 Å². The van der Waals surface area contributed by atoms with E-state index < -0.39 is 5.82 Å². The van der Waals surface area contributed by atoms with Crippen LogP contribution in [0.15, 0.2) is 84.9 Å². The molecule has 3 aromatic rings. The first-order chi connectivity index (χ1) is 14.2. The number of carbonyl (C=O) groups is 1. The number of hydrogen-bond acceptors (Lipinski definition) is 2. The largest absolute Gasteiger partial charge is 0.478 e. The van der Waals surface area contributed by atoms with Gasteiger partial charge in [0.15, 0.2) is 11.6 Å². The van der Waals surface area contributed by atoms with Crippen LogP contribution in [0.25, 0.3) is 0 Å². The molecule has 1 amide bonds. The molecule has 0 aromatic heterocycles. The number of para-hydroxylation sites is 1. The summed E-state index contributed by atoms with van der Waals surface area (Å²) in [4.78, 5) is 12.4. The van der Waals surface area contributed by atoms with E-state index in [-0.39, 0.29) is 30.7 Å². The molecule has 0 atom stereocenters. The minimum Gasteiger partial charge on any atom is -0.478 e. The number of ether oxygens (including phenoxy) is 1. The van der Waals surface area contributed by atoms with Crippen LogP contribution < -0.4 is 10.1 Å². The van der Waals surface area contributed by atoms with Crippen LogP contribution in [-0.2, 0) is 4.79 Å². The number of carbonyl (C=O) groups excluding carboxylic acids is 1. The quantitative estimate of drug-likeness (QED) is 0.604. The lowest BCUT2D eigenvalue weighted by atomic mass is 9.88. The molecule has 0 aliphatic carbocycles. The van der Waals surface area contributed by atoms with Gasteiger partial charge in [-0.3, -0.25) is 4.79 Å². The molecule has 146 valence electrons. The minimum atomic E-state index is -0.421. The van der Waals surface area contributed by atoms with E-state index in [0.29, 0.717) is 6.42 Å². The predicted molar refractivity (Wildman–Crippen MR) is 112 cm³/mol. The van der Waals surface area contributed by atoms with Crippen LogP contribution in [0.3, 0.4) is 0 Å². The molecule has 29 heavy (non-hydrogen) atoms. The van der Waals surface area contributed by atoms with Crippen molar-refractivity contribution < 1.29 is 13.9 Å². The SMILES string of the molecule is O=C(CC(c1ccccc1)c1ccccc1)NCC#CCOc1ccccc1F. The Bertz CT molecular complexity index is 938. The zero-order valence-electron chi connectivity index (χ0n) is 16.0. The molecule has 0 bridgehead atoms. The molecule has 0 spiro atoms. The normalized spacial score (nSPS) is 10.1. The molecule has 1 N–H and O–H groups in total. The molecule has 3 rings (SSSR count). The van der Waals surface area contributed by atoms with Crippen molar-refractivity contribution in [3.05, 3.63) is 102 Å². The lowest BCUT2D eigenvalue weighted by Gasteiger charge is -2.17. The maximum absolute atomic E-state index is 13.4.